The van der Waals surface area contributed by atoms with Crippen molar-refractivity contribution in [3.05, 3.63) is 74.1 Å². The summed E-state index contributed by atoms with van der Waals surface area (Å²) in [7, 11) is -2.10. The van der Waals surface area contributed by atoms with Crippen LogP contribution in [-0.4, -0.2) is 53.4 Å². The topological polar surface area (TPSA) is 152 Å². The zero-order valence-corrected chi connectivity index (χ0v) is 25.5. The van der Waals surface area contributed by atoms with Gasteiger partial charge in [-0.3, -0.25) is 14.2 Å². The van der Waals surface area contributed by atoms with Crippen LogP contribution in [0, 0.1) is 13.8 Å². The van der Waals surface area contributed by atoms with Crippen LogP contribution < -0.4 is 20.5 Å². The van der Waals surface area contributed by atoms with E-state index in [1.54, 1.807) is 17.7 Å². The van der Waals surface area contributed by atoms with Crippen molar-refractivity contribution < 1.29 is 17.7 Å². The number of piperidine rings is 1. The van der Waals surface area contributed by atoms with Gasteiger partial charge in [-0.05, 0) is 57.4 Å². The van der Waals surface area contributed by atoms with Gasteiger partial charge in [0.2, 0.25) is 16.0 Å². The first-order valence-corrected chi connectivity index (χ1v) is 15.7. The van der Waals surface area contributed by atoms with Gasteiger partial charge in [-0.25, -0.2) is 23.1 Å². The lowest BCUT2D eigenvalue weighted by Crippen LogP contribution is -2.37. The highest BCUT2D eigenvalue weighted by Gasteiger charge is 2.27. The van der Waals surface area contributed by atoms with Gasteiger partial charge in [0, 0.05) is 37.7 Å². The maximum atomic E-state index is 13.6. The number of hydrogen-bond donors (Lipinski definition) is 2. The Morgan fingerprint density at radius 3 is 2.50 bits per heavy atom. The molecule has 1 saturated heterocycles. The number of rotatable bonds is 7. The molecule has 1 fully saturated rings. The molecule has 42 heavy (non-hydrogen) atoms. The van der Waals surface area contributed by atoms with E-state index >= 15 is 0 Å². The number of fused-ring (bicyclic) bond motifs is 1. The second kappa shape index (κ2) is 11.4. The molecule has 1 aliphatic rings. The van der Waals surface area contributed by atoms with E-state index in [9.17, 15) is 18.0 Å². The minimum Gasteiger partial charge on any atom is -0.377 e. The number of aryl methyl sites for hydroxylation is 2. The molecule has 14 heteroatoms. The number of anilines is 2. The summed E-state index contributed by atoms with van der Waals surface area (Å²) in [4.78, 5) is 37.5. The third-order valence-corrected chi connectivity index (χ3v) is 8.13. The third-order valence-electron chi connectivity index (χ3n) is 7.37. The number of carbonyl (C=O) groups is 1. The molecule has 0 bridgehead atoms. The fourth-order valence-electron chi connectivity index (χ4n) is 5.36. The third kappa shape index (κ3) is 6.12. The van der Waals surface area contributed by atoms with E-state index < -0.39 is 22.0 Å². The van der Waals surface area contributed by atoms with E-state index in [2.05, 4.69) is 20.4 Å². The predicted octanol–water partition coefficient (Wildman–Crippen LogP) is 3.83. The predicted molar refractivity (Wildman–Crippen MR) is 161 cm³/mol. The number of nitrogens with one attached hydrogen (secondary N) is 2. The minimum absolute atomic E-state index is 0.0325. The summed E-state index contributed by atoms with van der Waals surface area (Å²) in [5, 5.41) is 7.94. The van der Waals surface area contributed by atoms with Crippen molar-refractivity contribution in [2.75, 3.05) is 29.6 Å². The van der Waals surface area contributed by atoms with Gasteiger partial charge < -0.3 is 14.7 Å². The Bertz CT molecular complexity index is 1850. The van der Waals surface area contributed by atoms with Crippen molar-refractivity contribution in [2.24, 2.45) is 7.05 Å². The van der Waals surface area contributed by atoms with Crippen LogP contribution in [0.2, 0.25) is 5.15 Å². The maximum absolute atomic E-state index is 13.6. The molecule has 3 aromatic heterocycles. The summed E-state index contributed by atoms with van der Waals surface area (Å²) in [6.07, 6.45) is 2.58. The fraction of sp³-hybridized carbons (Fsp3) is 0.393. The van der Waals surface area contributed by atoms with E-state index in [0.717, 1.165) is 41.7 Å². The van der Waals surface area contributed by atoms with Gasteiger partial charge in [0.1, 0.15) is 10.9 Å². The molecule has 0 saturated carbocycles. The maximum Gasteiger partial charge on any atom is 0.285 e. The molecule has 1 aromatic carbocycles. The normalized spacial score (nSPS) is 15.1. The van der Waals surface area contributed by atoms with Gasteiger partial charge in [0.25, 0.3) is 11.5 Å². The lowest BCUT2D eigenvalue weighted by molar-refractivity contribution is 0.0977. The molecule has 1 atom stereocenters. The first kappa shape index (κ1) is 29.5. The van der Waals surface area contributed by atoms with Crippen LogP contribution in [0.3, 0.4) is 0 Å². The Labute approximate surface area is 248 Å². The minimum atomic E-state index is -3.83. The van der Waals surface area contributed by atoms with Crippen LogP contribution in [0.5, 0.6) is 0 Å². The van der Waals surface area contributed by atoms with Crippen molar-refractivity contribution in [3.8, 4) is 0 Å². The Balaban J connectivity index is 1.49. The molecule has 222 valence electrons. The number of benzene rings is 1. The van der Waals surface area contributed by atoms with Crippen molar-refractivity contribution >= 4 is 50.1 Å². The zero-order valence-electron chi connectivity index (χ0n) is 23.9. The second-order valence-electron chi connectivity index (χ2n) is 10.7. The first-order chi connectivity index (χ1) is 19.8. The van der Waals surface area contributed by atoms with Gasteiger partial charge in [0.05, 0.1) is 34.6 Å². The zero-order chi connectivity index (χ0) is 30.3. The van der Waals surface area contributed by atoms with E-state index in [4.69, 9.17) is 21.1 Å². The van der Waals surface area contributed by atoms with Crippen LogP contribution in [-0.2, 0) is 17.1 Å². The summed E-state index contributed by atoms with van der Waals surface area (Å²) in [5.74, 6) is 0.720. The average Bonchev–Trinajstić information content (AvgIpc) is 3.37. The lowest BCUT2D eigenvalue weighted by Gasteiger charge is -2.33. The van der Waals surface area contributed by atoms with E-state index in [0.29, 0.717) is 29.9 Å². The number of sulfonamides is 1. The van der Waals surface area contributed by atoms with Crippen molar-refractivity contribution in [1.82, 2.24) is 24.4 Å². The van der Waals surface area contributed by atoms with Crippen molar-refractivity contribution in [2.45, 2.75) is 45.6 Å². The summed E-state index contributed by atoms with van der Waals surface area (Å²) < 4.78 is 32.1. The number of aromatic nitrogens is 4. The Kier molecular flexibility index (Phi) is 7.99. The van der Waals surface area contributed by atoms with Gasteiger partial charge in [-0.15, -0.1) is 0 Å². The summed E-state index contributed by atoms with van der Waals surface area (Å²) in [5.41, 5.74) is 3.03. The number of pyridine rings is 1. The van der Waals surface area contributed by atoms with E-state index in [-0.39, 0.29) is 28.0 Å². The summed E-state index contributed by atoms with van der Waals surface area (Å²) in [6.45, 7) is 7.04. The standard InChI is InChI=1S/C28H32ClN7O5S/c1-15-12-19(17(3)30-21-6-7-23(29)31-25(21)26(37)34-42(5,39)40)24-20(13-15)27(38)35(4)28(32-24)36-10-8-18(9-11-36)22-14-16(2)41-33-22/h6-7,12-14,17-18,30H,8-11H2,1-5H3,(H,34,37)/t17-/m1/s1. The molecule has 4 heterocycles. The van der Waals surface area contributed by atoms with Crippen LogP contribution in [0.4, 0.5) is 11.6 Å². The number of nitrogens with zero attached hydrogens (tertiary/aromatic N) is 5. The lowest BCUT2D eigenvalue weighted by atomic mass is 9.93. The SMILES string of the molecule is Cc1cc([C@@H](C)Nc2ccc(Cl)nc2C(=O)NS(C)(=O)=O)c2nc(N3CCC(c4cc(C)on4)CC3)n(C)c(=O)c2c1. The Morgan fingerprint density at radius 1 is 1.14 bits per heavy atom. The molecule has 12 nitrogen and oxygen atoms in total. The van der Waals surface area contributed by atoms with Crippen LogP contribution in [0.15, 0.2) is 39.6 Å². The highest BCUT2D eigenvalue weighted by molar-refractivity contribution is 7.89. The first-order valence-electron chi connectivity index (χ1n) is 13.5. The molecular formula is C28H32ClN7O5S. The van der Waals surface area contributed by atoms with E-state index in [1.807, 2.05) is 43.7 Å². The molecule has 5 rings (SSSR count). The number of carbonyl (C=O) groups excluding carboxylic acids is 1. The van der Waals surface area contributed by atoms with Crippen molar-refractivity contribution in [3.63, 3.8) is 0 Å². The molecule has 0 unspecified atom stereocenters. The van der Waals surface area contributed by atoms with Gasteiger partial charge >= 0.3 is 0 Å². The molecule has 1 amide bonds. The van der Waals surface area contributed by atoms with E-state index in [1.165, 1.54) is 6.07 Å². The molecule has 0 radical (unpaired) electrons. The number of halogens is 1. The Morgan fingerprint density at radius 2 is 1.86 bits per heavy atom. The molecule has 4 aromatic rings. The largest absolute Gasteiger partial charge is 0.377 e. The highest BCUT2D eigenvalue weighted by atomic mass is 35.5. The molecule has 0 spiro atoms. The van der Waals surface area contributed by atoms with Gasteiger partial charge in [-0.1, -0.05) is 22.8 Å². The second-order valence-corrected chi connectivity index (χ2v) is 12.9. The quantitative estimate of drug-likeness (QED) is 0.294. The molecule has 1 aliphatic heterocycles. The van der Waals surface area contributed by atoms with Crippen LogP contribution in [0.1, 0.15) is 64.8 Å². The molecule has 0 aliphatic carbocycles. The Hall–Kier alpha value is -3.97. The fourth-order valence-corrected chi connectivity index (χ4v) is 5.94. The molecular weight excluding hydrogens is 582 g/mol. The smallest absolute Gasteiger partial charge is 0.285 e. The highest BCUT2D eigenvalue weighted by Crippen LogP contribution is 2.32. The van der Waals surface area contributed by atoms with Crippen molar-refractivity contribution in [1.29, 1.82) is 0 Å². The summed E-state index contributed by atoms with van der Waals surface area (Å²) in [6, 6.07) is 8.33. The number of hydrogen-bond acceptors (Lipinski definition) is 10. The van der Waals surface area contributed by atoms with Gasteiger partial charge in [0.15, 0.2) is 5.69 Å². The number of amides is 1. The van der Waals surface area contributed by atoms with Crippen LogP contribution >= 0.6 is 11.6 Å². The molecule has 2 N–H and O–H groups in total. The van der Waals surface area contributed by atoms with Crippen LogP contribution in [0.25, 0.3) is 10.9 Å². The van der Waals surface area contributed by atoms with Gasteiger partial charge in [-0.2, -0.15) is 0 Å². The monoisotopic (exact) mass is 613 g/mol. The summed E-state index contributed by atoms with van der Waals surface area (Å²) >= 11 is 6.02. The average molecular weight is 614 g/mol.